The van der Waals surface area contributed by atoms with E-state index in [1.165, 1.54) is 12.8 Å². The smallest absolute Gasteiger partial charge is 0.223 e. The second-order valence-corrected chi connectivity index (χ2v) is 4.43. The monoisotopic (exact) mass is 207 g/mol. The molecule has 1 aromatic rings. The van der Waals surface area contributed by atoms with Gasteiger partial charge in [-0.25, -0.2) is 0 Å². The number of nitrogens with two attached hydrogens (primary N) is 2. The van der Waals surface area contributed by atoms with Gasteiger partial charge < -0.3 is 16.8 Å². The van der Waals surface area contributed by atoms with Crippen molar-refractivity contribution in [3.63, 3.8) is 0 Å². The number of nitrogen functional groups attached to an aromatic ring is 2. The largest absolute Gasteiger partial charge is 0.383 e. The maximum Gasteiger partial charge on any atom is 0.223 e. The van der Waals surface area contributed by atoms with E-state index in [2.05, 4.69) is 22.2 Å². The molecular formula is C10H17N5. The molecule has 0 aliphatic heterocycles. The van der Waals surface area contributed by atoms with Crippen molar-refractivity contribution in [2.45, 2.75) is 38.1 Å². The molecule has 0 bridgehead atoms. The van der Waals surface area contributed by atoms with Crippen molar-refractivity contribution in [1.29, 1.82) is 0 Å². The number of hydrogen-bond donors (Lipinski definition) is 3. The maximum absolute atomic E-state index is 5.61. The number of rotatable bonds is 2. The Kier molecular flexibility index (Phi) is 2.38. The van der Waals surface area contributed by atoms with Crippen LogP contribution in [0.4, 0.5) is 17.6 Å². The molecule has 82 valence electrons. The number of anilines is 3. The minimum Gasteiger partial charge on any atom is -0.383 e. The lowest BCUT2D eigenvalue weighted by Crippen LogP contribution is -2.31. The van der Waals surface area contributed by atoms with Crippen LogP contribution in [0, 0.1) is 0 Å². The third-order valence-corrected chi connectivity index (χ3v) is 2.90. The summed E-state index contributed by atoms with van der Waals surface area (Å²) >= 11 is 0. The number of aromatic nitrogens is 2. The van der Waals surface area contributed by atoms with Gasteiger partial charge in [0.15, 0.2) is 0 Å². The molecule has 1 heterocycles. The molecule has 1 aromatic heterocycles. The van der Waals surface area contributed by atoms with Gasteiger partial charge >= 0.3 is 0 Å². The normalized spacial score (nSPS) is 19.0. The van der Waals surface area contributed by atoms with Gasteiger partial charge in [-0.2, -0.15) is 9.97 Å². The summed E-state index contributed by atoms with van der Waals surface area (Å²) < 4.78 is 0. The Labute approximate surface area is 89.3 Å². The van der Waals surface area contributed by atoms with Gasteiger partial charge in [0.05, 0.1) is 0 Å². The average Bonchev–Trinajstić information content (AvgIpc) is 2.49. The Morgan fingerprint density at radius 1 is 1.27 bits per heavy atom. The van der Waals surface area contributed by atoms with E-state index in [9.17, 15) is 0 Å². The molecule has 0 spiro atoms. The Hall–Kier alpha value is -1.52. The van der Waals surface area contributed by atoms with Crippen molar-refractivity contribution in [2.75, 3.05) is 16.8 Å². The second kappa shape index (κ2) is 3.56. The molecule has 5 N–H and O–H groups in total. The lowest BCUT2D eigenvalue weighted by molar-refractivity contribution is 0.531. The SMILES string of the molecule is CC1(Nc2cc(N)nc(N)n2)CCCC1. The topological polar surface area (TPSA) is 89.8 Å². The highest BCUT2D eigenvalue weighted by molar-refractivity contribution is 5.49. The Morgan fingerprint density at radius 2 is 1.93 bits per heavy atom. The Morgan fingerprint density at radius 3 is 2.53 bits per heavy atom. The van der Waals surface area contributed by atoms with Gasteiger partial charge in [0, 0.05) is 11.6 Å². The first-order valence-corrected chi connectivity index (χ1v) is 5.26. The number of nitrogens with zero attached hydrogens (tertiary/aromatic N) is 2. The van der Waals surface area contributed by atoms with E-state index in [4.69, 9.17) is 11.5 Å². The summed E-state index contributed by atoms with van der Waals surface area (Å²) in [5.74, 6) is 1.36. The summed E-state index contributed by atoms with van der Waals surface area (Å²) in [6.45, 7) is 2.20. The Balaban J connectivity index is 2.16. The zero-order valence-corrected chi connectivity index (χ0v) is 8.95. The van der Waals surface area contributed by atoms with Gasteiger partial charge in [0.2, 0.25) is 5.95 Å². The second-order valence-electron chi connectivity index (χ2n) is 4.43. The lowest BCUT2D eigenvalue weighted by Gasteiger charge is -2.25. The quantitative estimate of drug-likeness (QED) is 0.681. The molecule has 0 radical (unpaired) electrons. The molecular weight excluding hydrogens is 190 g/mol. The standard InChI is InChI=1S/C10H17N5/c1-10(4-2-3-5-10)15-8-6-7(11)13-9(12)14-8/h6H,2-5H2,1H3,(H5,11,12,13,14,15). The van der Waals surface area contributed by atoms with Gasteiger partial charge in [-0.1, -0.05) is 12.8 Å². The van der Waals surface area contributed by atoms with Crippen LogP contribution in [0.25, 0.3) is 0 Å². The highest BCUT2D eigenvalue weighted by Gasteiger charge is 2.28. The van der Waals surface area contributed by atoms with Gasteiger partial charge in [-0.3, -0.25) is 0 Å². The Bertz CT molecular complexity index is 337. The highest BCUT2D eigenvalue weighted by atomic mass is 15.1. The molecule has 0 saturated heterocycles. The number of nitrogens with one attached hydrogen (secondary N) is 1. The first kappa shape index (κ1) is 10.0. The van der Waals surface area contributed by atoms with Crippen LogP contribution in [0.1, 0.15) is 32.6 Å². The van der Waals surface area contributed by atoms with E-state index in [1.54, 1.807) is 6.07 Å². The average molecular weight is 207 g/mol. The fourth-order valence-electron chi connectivity index (χ4n) is 2.14. The van der Waals surface area contributed by atoms with Crippen LogP contribution < -0.4 is 16.8 Å². The molecule has 2 rings (SSSR count). The fourth-order valence-corrected chi connectivity index (χ4v) is 2.14. The molecule has 0 amide bonds. The van der Waals surface area contributed by atoms with Crippen LogP contribution in [-0.4, -0.2) is 15.5 Å². The lowest BCUT2D eigenvalue weighted by atomic mass is 10.0. The molecule has 0 aromatic carbocycles. The van der Waals surface area contributed by atoms with Crippen molar-refractivity contribution in [2.24, 2.45) is 0 Å². The van der Waals surface area contributed by atoms with E-state index in [0.29, 0.717) is 5.82 Å². The van der Waals surface area contributed by atoms with E-state index in [-0.39, 0.29) is 11.5 Å². The molecule has 1 saturated carbocycles. The third kappa shape index (κ3) is 2.29. The summed E-state index contributed by atoms with van der Waals surface area (Å²) in [6, 6.07) is 1.72. The molecule has 5 heteroatoms. The van der Waals surface area contributed by atoms with Crippen molar-refractivity contribution < 1.29 is 0 Å². The molecule has 1 aliphatic rings. The van der Waals surface area contributed by atoms with Gasteiger partial charge in [0.25, 0.3) is 0 Å². The minimum absolute atomic E-state index is 0.132. The predicted molar refractivity (Wildman–Crippen MR) is 61.4 cm³/mol. The minimum atomic E-state index is 0.132. The van der Waals surface area contributed by atoms with Crippen LogP contribution in [0.5, 0.6) is 0 Å². The van der Waals surface area contributed by atoms with Gasteiger partial charge in [-0.05, 0) is 19.8 Å². The fraction of sp³-hybridized carbons (Fsp3) is 0.600. The van der Waals surface area contributed by atoms with E-state index >= 15 is 0 Å². The van der Waals surface area contributed by atoms with E-state index in [0.717, 1.165) is 18.7 Å². The van der Waals surface area contributed by atoms with Crippen molar-refractivity contribution in [3.8, 4) is 0 Å². The van der Waals surface area contributed by atoms with Crippen molar-refractivity contribution >= 4 is 17.6 Å². The highest BCUT2D eigenvalue weighted by Crippen LogP contribution is 2.32. The summed E-state index contributed by atoms with van der Waals surface area (Å²) in [6.07, 6.45) is 4.85. The zero-order chi connectivity index (χ0) is 10.9. The van der Waals surface area contributed by atoms with Gasteiger partial charge in [-0.15, -0.1) is 0 Å². The molecule has 15 heavy (non-hydrogen) atoms. The first-order chi connectivity index (χ1) is 7.07. The molecule has 0 unspecified atom stereocenters. The van der Waals surface area contributed by atoms with Crippen LogP contribution in [0.2, 0.25) is 0 Å². The molecule has 0 atom stereocenters. The third-order valence-electron chi connectivity index (χ3n) is 2.90. The van der Waals surface area contributed by atoms with E-state index in [1.807, 2.05) is 0 Å². The van der Waals surface area contributed by atoms with Crippen molar-refractivity contribution in [1.82, 2.24) is 9.97 Å². The van der Waals surface area contributed by atoms with Gasteiger partial charge in [0.1, 0.15) is 11.6 Å². The van der Waals surface area contributed by atoms with Crippen LogP contribution in [-0.2, 0) is 0 Å². The number of hydrogen-bond acceptors (Lipinski definition) is 5. The van der Waals surface area contributed by atoms with Crippen molar-refractivity contribution in [3.05, 3.63) is 6.07 Å². The first-order valence-electron chi connectivity index (χ1n) is 5.26. The van der Waals surface area contributed by atoms with E-state index < -0.39 is 0 Å². The summed E-state index contributed by atoms with van der Waals surface area (Å²) in [5.41, 5.74) is 11.3. The van der Waals surface area contributed by atoms with Crippen LogP contribution >= 0.6 is 0 Å². The summed E-state index contributed by atoms with van der Waals surface area (Å²) in [7, 11) is 0. The molecule has 5 nitrogen and oxygen atoms in total. The summed E-state index contributed by atoms with van der Waals surface area (Å²) in [5, 5.41) is 3.39. The summed E-state index contributed by atoms with van der Waals surface area (Å²) in [4.78, 5) is 7.95. The van der Waals surface area contributed by atoms with Crippen LogP contribution in [0.15, 0.2) is 6.07 Å². The predicted octanol–water partition coefficient (Wildman–Crippen LogP) is 1.39. The molecule has 1 fully saturated rings. The molecule has 1 aliphatic carbocycles. The maximum atomic E-state index is 5.61. The zero-order valence-electron chi connectivity index (χ0n) is 8.95. The van der Waals surface area contributed by atoms with Crippen LogP contribution in [0.3, 0.4) is 0 Å².